The number of aromatic nitrogens is 1. The van der Waals surface area contributed by atoms with Crippen LogP contribution in [0.4, 0.5) is 4.39 Å². The molecule has 1 amide bonds. The molecule has 1 aliphatic rings. The van der Waals surface area contributed by atoms with Crippen LogP contribution in [0.2, 0.25) is 0 Å². The summed E-state index contributed by atoms with van der Waals surface area (Å²) in [6, 6.07) is 8.22. The zero-order valence-corrected chi connectivity index (χ0v) is 13.2. The van der Waals surface area contributed by atoms with Crippen molar-refractivity contribution >= 4 is 5.91 Å². The molecule has 1 N–H and O–H groups in total. The molecule has 2 aromatic rings. The van der Waals surface area contributed by atoms with Crippen molar-refractivity contribution in [1.29, 1.82) is 0 Å². The fourth-order valence-electron chi connectivity index (χ4n) is 3.12. The van der Waals surface area contributed by atoms with Crippen LogP contribution < -0.4 is 0 Å². The van der Waals surface area contributed by atoms with Crippen LogP contribution in [0.3, 0.4) is 0 Å². The lowest BCUT2D eigenvalue weighted by molar-refractivity contribution is 0.0465. The largest absolute Gasteiger partial charge is 0.393 e. The standard InChI is InChI=1S/C18H21FN2O2/c1-13(22)15-5-4-10-21(12-15)18(23)14-6-7-17(16(19)11-14)20-8-2-3-9-20/h2-3,6-9,11,13,15,22H,4-5,10,12H2,1H3. The normalized spacial score (nSPS) is 19.6. The summed E-state index contributed by atoms with van der Waals surface area (Å²) < 4.78 is 16.0. The maximum Gasteiger partial charge on any atom is 0.253 e. The van der Waals surface area contributed by atoms with Crippen LogP contribution in [-0.4, -0.2) is 39.7 Å². The summed E-state index contributed by atoms with van der Waals surface area (Å²) >= 11 is 0. The number of halogens is 1. The van der Waals surface area contributed by atoms with E-state index in [0.717, 1.165) is 12.8 Å². The fraction of sp³-hybridized carbons (Fsp3) is 0.389. The van der Waals surface area contributed by atoms with Crippen molar-refractivity contribution < 1.29 is 14.3 Å². The Bertz CT molecular complexity index is 682. The third-order valence-corrected chi connectivity index (χ3v) is 4.50. The lowest BCUT2D eigenvalue weighted by Gasteiger charge is -2.34. The molecule has 0 bridgehead atoms. The van der Waals surface area contributed by atoms with E-state index in [9.17, 15) is 14.3 Å². The van der Waals surface area contributed by atoms with Gasteiger partial charge in [0.2, 0.25) is 0 Å². The van der Waals surface area contributed by atoms with Gasteiger partial charge >= 0.3 is 0 Å². The highest BCUT2D eigenvalue weighted by molar-refractivity contribution is 5.94. The average Bonchev–Trinajstić information content (AvgIpc) is 3.08. The van der Waals surface area contributed by atoms with Gasteiger partial charge in [0.1, 0.15) is 5.82 Å². The smallest absolute Gasteiger partial charge is 0.253 e. The molecule has 122 valence electrons. The number of aliphatic hydroxyl groups excluding tert-OH is 1. The molecule has 2 unspecified atom stereocenters. The highest BCUT2D eigenvalue weighted by Crippen LogP contribution is 2.22. The lowest BCUT2D eigenvalue weighted by atomic mass is 9.93. The summed E-state index contributed by atoms with van der Waals surface area (Å²) in [4.78, 5) is 14.3. The van der Waals surface area contributed by atoms with Crippen molar-refractivity contribution in [3.05, 3.63) is 54.1 Å². The van der Waals surface area contributed by atoms with E-state index >= 15 is 0 Å². The molecule has 0 saturated carbocycles. The minimum atomic E-state index is -0.432. The Morgan fingerprint density at radius 2 is 2.09 bits per heavy atom. The predicted octanol–water partition coefficient (Wildman–Crippen LogP) is 2.85. The van der Waals surface area contributed by atoms with Gasteiger partial charge in [0, 0.05) is 37.0 Å². The molecule has 1 aromatic carbocycles. The molecule has 1 aliphatic heterocycles. The number of aliphatic hydroxyl groups is 1. The van der Waals surface area contributed by atoms with Crippen molar-refractivity contribution in [3.63, 3.8) is 0 Å². The zero-order chi connectivity index (χ0) is 16.4. The van der Waals surface area contributed by atoms with E-state index in [1.165, 1.54) is 6.07 Å². The SMILES string of the molecule is CC(O)C1CCCN(C(=O)c2ccc(-n3cccc3)c(F)c2)C1. The van der Waals surface area contributed by atoms with Crippen molar-refractivity contribution in [1.82, 2.24) is 9.47 Å². The first kappa shape index (κ1) is 15.7. The number of carbonyl (C=O) groups excluding carboxylic acids is 1. The molecule has 1 aromatic heterocycles. The van der Waals surface area contributed by atoms with E-state index < -0.39 is 11.9 Å². The summed E-state index contributed by atoms with van der Waals surface area (Å²) in [5, 5.41) is 9.73. The van der Waals surface area contributed by atoms with Crippen LogP contribution >= 0.6 is 0 Å². The Morgan fingerprint density at radius 1 is 1.35 bits per heavy atom. The molecule has 3 rings (SSSR count). The monoisotopic (exact) mass is 316 g/mol. The number of piperidine rings is 1. The van der Waals surface area contributed by atoms with Gasteiger partial charge < -0.3 is 14.6 Å². The van der Waals surface area contributed by atoms with E-state index in [1.807, 2.05) is 12.1 Å². The quantitative estimate of drug-likeness (QED) is 0.946. The molecule has 0 aliphatic carbocycles. The minimum absolute atomic E-state index is 0.0942. The van der Waals surface area contributed by atoms with Crippen molar-refractivity contribution in [2.75, 3.05) is 13.1 Å². The number of amides is 1. The Balaban J connectivity index is 1.79. The van der Waals surface area contributed by atoms with Crippen molar-refractivity contribution in [3.8, 4) is 5.69 Å². The van der Waals surface area contributed by atoms with Gasteiger partial charge in [-0.1, -0.05) is 0 Å². The molecule has 2 atom stereocenters. The maximum absolute atomic E-state index is 14.3. The lowest BCUT2D eigenvalue weighted by Crippen LogP contribution is -2.43. The molecule has 4 nitrogen and oxygen atoms in total. The van der Waals surface area contributed by atoms with E-state index in [2.05, 4.69) is 0 Å². The number of rotatable bonds is 3. The molecule has 2 heterocycles. The van der Waals surface area contributed by atoms with Crippen LogP contribution in [0.15, 0.2) is 42.7 Å². The van der Waals surface area contributed by atoms with Crippen molar-refractivity contribution in [2.24, 2.45) is 5.92 Å². The van der Waals surface area contributed by atoms with Crippen LogP contribution in [0, 0.1) is 11.7 Å². The zero-order valence-electron chi connectivity index (χ0n) is 13.2. The van der Waals surface area contributed by atoms with Gasteiger partial charge in [-0.2, -0.15) is 0 Å². The van der Waals surface area contributed by atoms with Gasteiger partial charge in [-0.25, -0.2) is 4.39 Å². The molecule has 23 heavy (non-hydrogen) atoms. The van der Waals surface area contributed by atoms with Crippen LogP contribution in [0.1, 0.15) is 30.1 Å². The second-order valence-corrected chi connectivity index (χ2v) is 6.15. The number of likely N-dealkylation sites (tertiary alicyclic amines) is 1. The topological polar surface area (TPSA) is 45.5 Å². The summed E-state index contributed by atoms with van der Waals surface area (Å²) in [7, 11) is 0. The van der Waals surface area contributed by atoms with Crippen LogP contribution in [0.25, 0.3) is 5.69 Å². The third kappa shape index (κ3) is 3.29. The summed E-state index contributed by atoms with van der Waals surface area (Å²) in [6.45, 7) is 2.94. The van der Waals surface area contributed by atoms with Gasteiger partial charge in [-0.05, 0) is 50.1 Å². The van der Waals surface area contributed by atoms with E-state index in [4.69, 9.17) is 0 Å². The Morgan fingerprint density at radius 3 is 2.74 bits per heavy atom. The van der Waals surface area contributed by atoms with Gasteiger partial charge in [-0.3, -0.25) is 4.79 Å². The first-order valence-electron chi connectivity index (χ1n) is 7.96. The molecular formula is C18H21FN2O2. The van der Waals surface area contributed by atoms with E-state index in [-0.39, 0.29) is 11.8 Å². The first-order chi connectivity index (χ1) is 11.1. The molecule has 0 radical (unpaired) electrons. The second kappa shape index (κ2) is 6.54. The number of benzene rings is 1. The number of carbonyl (C=O) groups is 1. The average molecular weight is 316 g/mol. The van der Waals surface area contributed by atoms with Crippen molar-refractivity contribution in [2.45, 2.75) is 25.9 Å². The first-order valence-corrected chi connectivity index (χ1v) is 7.96. The van der Waals surface area contributed by atoms with Crippen LogP contribution in [0.5, 0.6) is 0 Å². The van der Waals surface area contributed by atoms with E-state index in [1.54, 1.807) is 40.9 Å². The molecule has 1 saturated heterocycles. The van der Waals surface area contributed by atoms with Gasteiger partial charge in [-0.15, -0.1) is 0 Å². The molecular weight excluding hydrogens is 295 g/mol. The third-order valence-electron chi connectivity index (χ3n) is 4.50. The number of hydrogen-bond donors (Lipinski definition) is 1. The predicted molar refractivity (Wildman–Crippen MR) is 86.0 cm³/mol. The molecule has 1 fully saturated rings. The molecule has 0 spiro atoms. The number of nitrogens with zero attached hydrogens (tertiary/aromatic N) is 2. The summed E-state index contributed by atoms with van der Waals surface area (Å²) in [5.41, 5.74) is 0.775. The maximum atomic E-state index is 14.3. The number of hydrogen-bond acceptors (Lipinski definition) is 2. The summed E-state index contributed by atoms with van der Waals surface area (Å²) in [5.74, 6) is -0.499. The molecule has 5 heteroatoms. The highest BCUT2D eigenvalue weighted by Gasteiger charge is 2.27. The Hall–Kier alpha value is -2.14. The van der Waals surface area contributed by atoms with Gasteiger partial charge in [0.15, 0.2) is 0 Å². The fourth-order valence-corrected chi connectivity index (χ4v) is 3.12. The summed E-state index contributed by atoms with van der Waals surface area (Å²) in [6.07, 6.45) is 4.88. The Labute approximate surface area is 135 Å². The van der Waals surface area contributed by atoms with E-state index in [0.29, 0.717) is 24.3 Å². The highest BCUT2D eigenvalue weighted by atomic mass is 19.1. The van der Waals surface area contributed by atoms with Gasteiger partial charge in [0.05, 0.1) is 11.8 Å². The second-order valence-electron chi connectivity index (χ2n) is 6.15. The van der Waals surface area contributed by atoms with Gasteiger partial charge in [0.25, 0.3) is 5.91 Å². The van der Waals surface area contributed by atoms with Crippen LogP contribution in [-0.2, 0) is 0 Å². The Kier molecular flexibility index (Phi) is 4.48. The minimum Gasteiger partial charge on any atom is -0.393 e.